The van der Waals surface area contributed by atoms with Crippen molar-refractivity contribution in [3.05, 3.63) is 35.4 Å². The SMILES string of the molecule is CC1CCCC(SCc2cccc(C(N)=NO)c2)C1. The Hall–Kier alpha value is -1.16. The lowest BCUT2D eigenvalue weighted by atomic mass is 9.91. The second-order valence-corrected chi connectivity index (χ2v) is 6.68. The first-order valence-corrected chi connectivity index (χ1v) is 7.92. The standard InChI is InChI=1S/C15H22N2OS/c1-11-4-2-7-14(8-11)19-10-12-5-3-6-13(9-12)15(16)17-18/h3,5-6,9,11,14,18H,2,4,7-8,10H2,1H3,(H2,16,17). The molecule has 2 unspecified atom stereocenters. The minimum Gasteiger partial charge on any atom is -0.409 e. The van der Waals surface area contributed by atoms with Crippen LogP contribution in [0.25, 0.3) is 0 Å². The van der Waals surface area contributed by atoms with Gasteiger partial charge in [0.25, 0.3) is 0 Å². The maximum Gasteiger partial charge on any atom is 0.170 e. The van der Waals surface area contributed by atoms with Gasteiger partial charge >= 0.3 is 0 Å². The Kier molecular flexibility index (Phi) is 5.14. The van der Waals surface area contributed by atoms with E-state index in [1.165, 1.54) is 31.2 Å². The van der Waals surface area contributed by atoms with Crippen molar-refractivity contribution in [3.8, 4) is 0 Å². The van der Waals surface area contributed by atoms with E-state index in [2.05, 4.69) is 18.1 Å². The van der Waals surface area contributed by atoms with Crippen LogP contribution in [-0.2, 0) is 5.75 Å². The lowest BCUT2D eigenvalue weighted by Crippen LogP contribution is -2.15. The van der Waals surface area contributed by atoms with Gasteiger partial charge in [-0.1, -0.05) is 43.1 Å². The molecule has 2 rings (SSSR count). The number of oxime groups is 1. The first kappa shape index (κ1) is 14.3. The summed E-state index contributed by atoms with van der Waals surface area (Å²) in [5, 5.41) is 12.5. The monoisotopic (exact) mass is 278 g/mol. The topological polar surface area (TPSA) is 58.6 Å². The second kappa shape index (κ2) is 6.85. The zero-order chi connectivity index (χ0) is 13.7. The van der Waals surface area contributed by atoms with Gasteiger partial charge in [0.15, 0.2) is 5.84 Å². The molecular formula is C15H22N2OS. The van der Waals surface area contributed by atoms with Crippen molar-refractivity contribution in [3.63, 3.8) is 0 Å². The number of hydrogen-bond acceptors (Lipinski definition) is 3. The van der Waals surface area contributed by atoms with Gasteiger partial charge in [0, 0.05) is 16.6 Å². The third kappa shape index (κ3) is 4.16. The zero-order valence-electron chi connectivity index (χ0n) is 11.4. The second-order valence-electron chi connectivity index (χ2n) is 5.39. The van der Waals surface area contributed by atoms with Gasteiger partial charge in [-0.15, -0.1) is 0 Å². The van der Waals surface area contributed by atoms with E-state index in [0.717, 1.165) is 22.5 Å². The summed E-state index contributed by atoms with van der Waals surface area (Å²) < 4.78 is 0. The predicted octanol–water partition coefficient (Wildman–Crippen LogP) is 3.59. The molecule has 2 atom stereocenters. The summed E-state index contributed by atoms with van der Waals surface area (Å²) in [5.74, 6) is 2.05. The van der Waals surface area contributed by atoms with E-state index >= 15 is 0 Å². The summed E-state index contributed by atoms with van der Waals surface area (Å²) in [6, 6.07) is 7.94. The van der Waals surface area contributed by atoms with Crippen LogP contribution in [0.1, 0.15) is 43.7 Å². The number of thioether (sulfide) groups is 1. The molecular weight excluding hydrogens is 256 g/mol. The molecule has 1 saturated carbocycles. The van der Waals surface area contributed by atoms with Crippen LogP contribution in [0.2, 0.25) is 0 Å². The van der Waals surface area contributed by atoms with Gasteiger partial charge in [-0.05, 0) is 30.4 Å². The third-order valence-corrected chi connectivity index (χ3v) is 5.10. The molecule has 0 amide bonds. The van der Waals surface area contributed by atoms with Crippen LogP contribution in [0.15, 0.2) is 29.4 Å². The lowest BCUT2D eigenvalue weighted by molar-refractivity contribution is 0.318. The van der Waals surface area contributed by atoms with Crippen LogP contribution in [0, 0.1) is 5.92 Å². The van der Waals surface area contributed by atoms with Crippen molar-refractivity contribution in [1.29, 1.82) is 0 Å². The molecule has 1 aromatic rings. The summed E-state index contributed by atoms with van der Waals surface area (Å²) in [6.45, 7) is 2.35. The fraction of sp³-hybridized carbons (Fsp3) is 0.533. The highest BCUT2D eigenvalue weighted by molar-refractivity contribution is 7.99. The maximum absolute atomic E-state index is 8.70. The van der Waals surface area contributed by atoms with Crippen molar-refractivity contribution in [2.75, 3.05) is 0 Å². The molecule has 0 aromatic heterocycles. The first-order chi connectivity index (χ1) is 9.19. The Labute approximate surface area is 119 Å². The summed E-state index contributed by atoms with van der Waals surface area (Å²) in [7, 11) is 0. The predicted molar refractivity (Wildman–Crippen MR) is 81.7 cm³/mol. The molecule has 1 aliphatic rings. The molecule has 104 valence electrons. The van der Waals surface area contributed by atoms with E-state index in [1.54, 1.807) is 0 Å². The molecule has 0 radical (unpaired) electrons. The van der Waals surface area contributed by atoms with E-state index in [9.17, 15) is 0 Å². The number of nitrogens with two attached hydrogens (primary N) is 1. The van der Waals surface area contributed by atoms with E-state index in [-0.39, 0.29) is 5.84 Å². The number of nitrogens with zero attached hydrogens (tertiary/aromatic N) is 1. The van der Waals surface area contributed by atoms with E-state index in [4.69, 9.17) is 10.9 Å². The number of benzene rings is 1. The van der Waals surface area contributed by atoms with Crippen LogP contribution >= 0.6 is 11.8 Å². The molecule has 3 nitrogen and oxygen atoms in total. The highest BCUT2D eigenvalue weighted by Crippen LogP contribution is 2.33. The van der Waals surface area contributed by atoms with Crippen molar-refractivity contribution in [2.24, 2.45) is 16.8 Å². The molecule has 0 saturated heterocycles. The smallest absolute Gasteiger partial charge is 0.170 e. The number of hydrogen-bond donors (Lipinski definition) is 2. The highest BCUT2D eigenvalue weighted by atomic mass is 32.2. The van der Waals surface area contributed by atoms with Crippen LogP contribution in [0.3, 0.4) is 0 Å². The normalized spacial score (nSPS) is 24.4. The van der Waals surface area contributed by atoms with E-state index < -0.39 is 0 Å². The summed E-state index contributed by atoms with van der Waals surface area (Å²) in [4.78, 5) is 0. The average molecular weight is 278 g/mol. The van der Waals surface area contributed by atoms with Crippen LogP contribution < -0.4 is 5.73 Å². The molecule has 0 spiro atoms. The maximum atomic E-state index is 8.70. The van der Waals surface area contributed by atoms with Gasteiger partial charge in [0.2, 0.25) is 0 Å². The highest BCUT2D eigenvalue weighted by Gasteiger charge is 2.18. The summed E-state index contributed by atoms with van der Waals surface area (Å²) >= 11 is 2.04. The Bertz CT molecular complexity index is 448. The van der Waals surface area contributed by atoms with E-state index in [1.807, 2.05) is 30.0 Å². The van der Waals surface area contributed by atoms with Crippen molar-refractivity contribution >= 4 is 17.6 Å². The quantitative estimate of drug-likeness (QED) is 0.383. The largest absolute Gasteiger partial charge is 0.409 e. The van der Waals surface area contributed by atoms with Gasteiger partial charge in [0.05, 0.1) is 0 Å². The van der Waals surface area contributed by atoms with Gasteiger partial charge in [-0.2, -0.15) is 11.8 Å². The fourth-order valence-electron chi connectivity index (χ4n) is 2.62. The molecule has 1 aliphatic carbocycles. The van der Waals surface area contributed by atoms with Gasteiger partial charge in [-0.25, -0.2) is 0 Å². The van der Waals surface area contributed by atoms with Crippen LogP contribution in [-0.4, -0.2) is 16.3 Å². The van der Waals surface area contributed by atoms with Crippen molar-refractivity contribution in [2.45, 2.75) is 43.6 Å². The minimum atomic E-state index is 0.179. The third-order valence-electron chi connectivity index (χ3n) is 3.70. The molecule has 0 bridgehead atoms. The Balaban J connectivity index is 1.92. The Morgan fingerprint density at radius 2 is 2.32 bits per heavy atom. The van der Waals surface area contributed by atoms with Crippen LogP contribution in [0.4, 0.5) is 0 Å². The molecule has 1 fully saturated rings. The van der Waals surface area contributed by atoms with Gasteiger partial charge < -0.3 is 10.9 Å². The summed E-state index contributed by atoms with van der Waals surface area (Å²) in [5.41, 5.74) is 7.65. The molecule has 0 heterocycles. The number of amidine groups is 1. The Morgan fingerprint density at radius 3 is 3.05 bits per heavy atom. The fourth-order valence-corrected chi connectivity index (χ4v) is 4.03. The van der Waals surface area contributed by atoms with Crippen molar-refractivity contribution in [1.82, 2.24) is 0 Å². The Morgan fingerprint density at radius 1 is 1.47 bits per heavy atom. The minimum absolute atomic E-state index is 0.179. The van der Waals surface area contributed by atoms with Crippen LogP contribution in [0.5, 0.6) is 0 Å². The average Bonchev–Trinajstić information content (AvgIpc) is 2.45. The molecule has 1 aromatic carbocycles. The van der Waals surface area contributed by atoms with E-state index in [0.29, 0.717) is 0 Å². The molecule has 3 N–H and O–H groups in total. The van der Waals surface area contributed by atoms with Gasteiger partial charge in [0.1, 0.15) is 0 Å². The lowest BCUT2D eigenvalue weighted by Gasteiger charge is -2.26. The summed E-state index contributed by atoms with van der Waals surface area (Å²) in [6.07, 6.45) is 5.43. The zero-order valence-corrected chi connectivity index (χ0v) is 12.2. The molecule has 0 aliphatic heterocycles. The molecule has 19 heavy (non-hydrogen) atoms. The molecule has 4 heteroatoms. The first-order valence-electron chi connectivity index (χ1n) is 6.87. The van der Waals surface area contributed by atoms with Gasteiger partial charge in [-0.3, -0.25) is 0 Å². The number of rotatable bonds is 4. The van der Waals surface area contributed by atoms with Crippen molar-refractivity contribution < 1.29 is 5.21 Å².